The predicted octanol–water partition coefficient (Wildman–Crippen LogP) is 2.43. The summed E-state index contributed by atoms with van der Waals surface area (Å²) in [5.41, 5.74) is 2.36. The number of benzene rings is 1. The van der Waals surface area contributed by atoms with E-state index in [1.807, 2.05) is 0 Å². The number of aryl methyl sites for hydroxylation is 1. The fourth-order valence-corrected chi connectivity index (χ4v) is 2.42. The lowest BCUT2D eigenvalue weighted by Crippen LogP contribution is -2.48. The summed E-state index contributed by atoms with van der Waals surface area (Å²) in [7, 11) is 0. The maximum absolute atomic E-state index is 9.06. The Bertz CT molecular complexity index is 463. The quantitative estimate of drug-likeness (QED) is 0.850. The molecule has 0 spiro atoms. The Morgan fingerprint density at radius 2 is 2.28 bits per heavy atom. The van der Waals surface area contributed by atoms with E-state index in [-0.39, 0.29) is 5.41 Å². The van der Waals surface area contributed by atoms with Gasteiger partial charge in [-0.15, -0.1) is 0 Å². The first kappa shape index (κ1) is 13.5. The minimum absolute atomic E-state index is 0.285. The van der Waals surface area contributed by atoms with Crippen LogP contribution in [-0.4, -0.2) is 26.3 Å². The average Bonchev–Trinajstić information content (AvgIpc) is 2.31. The number of nitrogens with one attached hydrogen (secondary N) is 1. The van der Waals surface area contributed by atoms with Gasteiger partial charge >= 0.3 is 0 Å². The summed E-state index contributed by atoms with van der Waals surface area (Å²) in [6, 6.07) is 8.67. The van der Waals surface area contributed by atoms with Gasteiger partial charge in [-0.3, -0.25) is 0 Å². The van der Waals surface area contributed by atoms with E-state index in [1.165, 1.54) is 11.1 Å². The van der Waals surface area contributed by atoms with Crippen molar-refractivity contribution < 1.29 is 4.74 Å². The largest absolute Gasteiger partial charge is 0.378 e. The summed E-state index contributed by atoms with van der Waals surface area (Å²) >= 11 is 3.49. The van der Waals surface area contributed by atoms with Gasteiger partial charge < -0.3 is 10.1 Å². The molecule has 96 valence electrons. The fraction of sp³-hybridized carbons (Fsp3) is 0.500. The lowest BCUT2D eigenvalue weighted by atomic mass is 9.88. The Morgan fingerprint density at radius 3 is 2.89 bits per heavy atom. The van der Waals surface area contributed by atoms with Crippen molar-refractivity contribution in [1.29, 1.82) is 5.26 Å². The molecule has 1 aliphatic heterocycles. The molecule has 0 radical (unpaired) electrons. The van der Waals surface area contributed by atoms with Crippen molar-refractivity contribution >= 4 is 15.9 Å². The smallest absolute Gasteiger partial charge is 0.116 e. The van der Waals surface area contributed by atoms with Crippen molar-refractivity contribution in [2.45, 2.75) is 13.3 Å². The molecule has 2 rings (SSSR count). The molecule has 1 fully saturated rings. The second-order valence-corrected chi connectivity index (χ2v) is 5.80. The highest BCUT2D eigenvalue weighted by molar-refractivity contribution is 9.10. The zero-order valence-electron chi connectivity index (χ0n) is 10.5. The van der Waals surface area contributed by atoms with E-state index >= 15 is 0 Å². The predicted molar refractivity (Wildman–Crippen MR) is 74.3 cm³/mol. The second-order valence-electron chi connectivity index (χ2n) is 4.88. The van der Waals surface area contributed by atoms with Crippen LogP contribution in [0.4, 0.5) is 0 Å². The number of nitrogens with zero attached hydrogens (tertiary/aromatic N) is 1. The highest BCUT2D eigenvalue weighted by atomic mass is 79.9. The van der Waals surface area contributed by atoms with Crippen LogP contribution in [0, 0.1) is 23.7 Å². The van der Waals surface area contributed by atoms with Gasteiger partial charge in [-0.05, 0) is 43.1 Å². The van der Waals surface area contributed by atoms with Crippen LogP contribution in [0.15, 0.2) is 22.7 Å². The molecule has 0 saturated carbocycles. The van der Waals surface area contributed by atoms with Gasteiger partial charge in [0, 0.05) is 11.0 Å². The van der Waals surface area contributed by atoms with Crippen LogP contribution in [0.3, 0.4) is 0 Å². The van der Waals surface area contributed by atoms with Gasteiger partial charge in [0.05, 0.1) is 19.3 Å². The molecule has 1 heterocycles. The van der Waals surface area contributed by atoms with E-state index in [2.05, 4.69) is 52.4 Å². The van der Waals surface area contributed by atoms with E-state index in [1.54, 1.807) is 0 Å². The molecular formula is C14H17BrN2O. The van der Waals surface area contributed by atoms with Crippen molar-refractivity contribution in [3.8, 4) is 6.07 Å². The second kappa shape index (κ2) is 5.83. The molecule has 1 N–H and O–H groups in total. The Morgan fingerprint density at radius 1 is 1.50 bits per heavy atom. The van der Waals surface area contributed by atoms with Gasteiger partial charge in [-0.2, -0.15) is 5.26 Å². The molecule has 0 bridgehead atoms. The SMILES string of the molecule is Cc1ccc(Br)cc1CCNCC1(C#N)COC1. The van der Waals surface area contributed by atoms with Gasteiger partial charge in [-0.25, -0.2) is 0 Å². The van der Waals surface area contributed by atoms with Gasteiger partial charge in [0.1, 0.15) is 5.41 Å². The molecule has 0 amide bonds. The molecule has 4 heteroatoms. The Hall–Kier alpha value is -0.890. The molecule has 0 unspecified atom stereocenters. The van der Waals surface area contributed by atoms with Crippen molar-refractivity contribution in [2.24, 2.45) is 5.41 Å². The van der Waals surface area contributed by atoms with Crippen LogP contribution in [0.2, 0.25) is 0 Å². The third-order valence-corrected chi connectivity index (χ3v) is 3.83. The molecular weight excluding hydrogens is 292 g/mol. The molecule has 1 aromatic rings. The summed E-state index contributed by atoms with van der Waals surface area (Å²) in [5, 5.41) is 12.4. The minimum Gasteiger partial charge on any atom is -0.378 e. The van der Waals surface area contributed by atoms with Crippen LogP contribution in [0.5, 0.6) is 0 Å². The third-order valence-electron chi connectivity index (χ3n) is 3.34. The van der Waals surface area contributed by atoms with Gasteiger partial charge in [0.15, 0.2) is 0 Å². The topological polar surface area (TPSA) is 45.0 Å². The van der Waals surface area contributed by atoms with Gasteiger partial charge in [0.25, 0.3) is 0 Å². The highest BCUT2D eigenvalue weighted by Gasteiger charge is 2.38. The van der Waals surface area contributed by atoms with E-state index in [9.17, 15) is 0 Å². The Kier molecular flexibility index (Phi) is 4.39. The standard InChI is InChI=1S/C14H17BrN2O/c1-11-2-3-13(15)6-12(11)4-5-17-8-14(7-16)9-18-10-14/h2-3,6,17H,4-5,8-10H2,1H3. The Balaban J connectivity index is 1.79. The number of rotatable bonds is 5. The monoisotopic (exact) mass is 308 g/mol. The number of hydrogen-bond acceptors (Lipinski definition) is 3. The van der Waals surface area contributed by atoms with E-state index in [4.69, 9.17) is 10.00 Å². The molecule has 1 aromatic carbocycles. The van der Waals surface area contributed by atoms with Crippen molar-refractivity contribution in [3.63, 3.8) is 0 Å². The van der Waals surface area contributed by atoms with Gasteiger partial charge in [0.2, 0.25) is 0 Å². The molecule has 3 nitrogen and oxygen atoms in total. The molecule has 0 aromatic heterocycles. The zero-order chi connectivity index (χ0) is 13.0. The van der Waals surface area contributed by atoms with Crippen LogP contribution >= 0.6 is 15.9 Å². The van der Waals surface area contributed by atoms with Crippen LogP contribution in [-0.2, 0) is 11.2 Å². The summed E-state index contributed by atoms with van der Waals surface area (Å²) < 4.78 is 6.23. The molecule has 1 saturated heterocycles. The maximum atomic E-state index is 9.06. The number of hydrogen-bond donors (Lipinski definition) is 1. The van der Waals surface area contributed by atoms with E-state index in [0.29, 0.717) is 13.2 Å². The number of halogens is 1. The summed E-state index contributed by atoms with van der Waals surface area (Å²) in [5.74, 6) is 0. The minimum atomic E-state index is -0.285. The lowest BCUT2D eigenvalue weighted by molar-refractivity contribution is -0.0752. The van der Waals surface area contributed by atoms with Crippen LogP contribution in [0.25, 0.3) is 0 Å². The first-order valence-electron chi connectivity index (χ1n) is 6.10. The highest BCUT2D eigenvalue weighted by Crippen LogP contribution is 2.25. The summed E-state index contributed by atoms with van der Waals surface area (Å²) in [4.78, 5) is 0. The third kappa shape index (κ3) is 3.11. The first-order valence-corrected chi connectivity index (χ1v) is 6.89. The summed E-state index contributed by atoms with van der Waals surface area (Å²) in [6.45, 7) is 4.86. The van der Waals surface area contributed by atoms with E-state index in [0.717, 1.165) is 24.0 Å². The number of ether oxygens (including phenoxy) is 1. The lowest BCUT2D eigenvalue weighted by Gasteiger charge is -2.35. The van der Waals surface area contributed by atoms with Crippen molar-refractivity contribution in [2.75, 3.05) is 26.3 Å². The molecule has 18 heavy (non-hydrogen) atoms. The maximum Gasteiger partial charge on any atom is 0.116 e. The normalized spacial score (nSPS) is 16.9. The molecule has 1 aliphatic rings. The fourth-order valence-electron chi connectivity index (χ4n) is 2.01. The summed E-state index contributed by atoms with van der Waals surface area (Å²) in [6.07, 6.45) is 0.980. The zero-order valence-corrected chi connectivity index (χ0v) is 12.1. The first-order chi connectivity index (χ1) is 8.65. The van der Waals surface area contributed by atoms with Gasteiger partial charge in [-0.1, -0.05) is 22.0 Å². The molecule has 0 atom stereocenters. The molecule has 0 aliphatic carbocycles. The number of nitriles is 1. The average molecular weight is 309 g/mol. The van der Waals surface area contributed by atoms with E-state index < -0.39 is 0 Å². The Labute approximate surface area is 116 Å². The van der Waals surface area contributed by atoms with Crippen molar-refractivity contribution in [1.82, 2.24) is 5.32 Å². The van der Waals surface area contributed by atoms with Crippen LogP contribution < -0.4 is 5.32 Å². The van der Waals surface area contributed by atoms with Crippen LogP contribution in [0.1, 0.15) is 11.1 Å². The van der Waals surface area contributed by atoms with Crippen molar-refractivity contribution in [3.05, 3.63) is 33.8 Å².